The lowest BCUT2D eigenvalue weighted by molar-refractivity contribution is -0.138. The molecule has 1 saturated heterocycles. The van der Waals surface area contributed by atoms with Crippen molar-refractivity contribution in [3.63, 3.8) is 0 Å². The van der Waals surface area contributed by atoms with Crippen molar-refractivity contribution >= 4 is 29.4 Å². The summed E-state index contributed by atoms with van der Waals surface area (Å²) in [6, 6.07) is 2.20. The van der Waals surface area contributed by atoms with Crippen molar-refractivity contribution in [2.75, 3.05) is 5.32 Å². The number of hydrogen-bond donors (Lipinski definition) is 3. The van der Waals surface area contributed by atoms with Crippen LogP contribution in [0.15, 0.2) is 12.1 Å². The minimum atomic E-state index is -0.970. The van der Waals surface area contributed by atoms with Gasteiger partial charge in [-0.2, -0.15) is 0 Å². The predicted octanol–water partition coefficient (Wildman–Crippen LogP) is 1.60. The van der Waals surface area contributed by atoms with Crippen LogP contribution in [0.25, 0.3) is 0 Å². The molecule has 0 bridgehead atoms. The van der Waals surface area contributed by atoms with E-state index in [1.807, 2.05) is 6.07 Å². The van der Waals surface area contributed by atoms with Crippen LogP contribution in [0.1, 0.15) is 66.4 Å². The van der Waals surface area contributed by atoms with Gasteiger partial charge in [0, 0.05) is 24.2 Å². The topological polar surface area (TPSA) is 116 Å². The number of anilines is 1. The highest BCUT2D eigenvalue weighted by atomic mass is 16.4. The minimum absolute atomic E-state index is 0.217. The van der Waals surface area contributed by atoms with E-state index in [-0.39, 0.29) is 18.2 Å². The van der Waals surface area contributed by atoms with E-state index < -0.39 is 24.0 Å². The van der Waals surface area contributed by atoms with Gasteiger partial charge in [0.2, 0.25) is 11.8 Å². The monoisotopic (exact) mass is 385 g/mol. The lowest BCUT2D eigenvalue weighted by atomic mass is 9.77. The van der Waals surface area contributed by atoms with Crippen molar-refractivity contribution < 1.29 is 24.3 Å². The fraction of sp³-hybridized carbons (Fsp3) is 0.500. The second kappa shape index (κ2) is 6.92. The van der Waals surface area contributed by atoms with Gasteiger partial charge in [-0.3, -0.25) is 24.5 Å². The Hall–Kier alpha value is -2.90. The van der Waals surface area contributed by atoms with Crippen molar-refractivity contribution in [3.05, 3.63) is 28.8 Å². The number of imide groups is 1. The molecule has 2 atom stereocenters. The normalized spacial score (nSPS) is 23.1. The standard InChI is InChI=1S/C20H23N3O5/c1-10(20(27)28)21-12-7-13(11-3-2-4-11)15-9-23(19(26)14(15)8-12)16-5-6-17(24)22-18(16)25/h7-8,10-11,16,21H,2-6,9H2,1H3,(H,27,28)(H,22,24,25). The number of piperidine rings is 1. The number of fused-ring (bicyclic) bond motifs is 1. The average Bonchev–Trinajstić information content (AvgIpc) is 2.90. The first kappa shape index (κ1) is 18.5. The minimum Gasteiger partial charge on any atom is -0.480 e. The molecule has 1 aromatic rings. The Balaban J connectivity index is 1.67. The maximum absolute atomic E-state index is 13.1. The van der Waals surface area contributed by atoms with E-state index in [4.69, 9.17) is 0 Å². The molecule has 3 amide bonds. The van der Waals surface area contributed by atoms with Crippen LogP contribution in [-0.4, -0.2) is 45.8 Å². The molecule has 3 aliphatic rings. The average molecular weight is 385 g/mol. The summed E-state index contributed by atoms with van der Waals surface area (Å²) in [7, 11) is 0. The molecule has 3 N–H and O–H groups in total. The van der Waals surface area contributed by atoms with Gasteiger partial charge in [0.25, 0.3) is 5.91 Å². The molecule has 148 valence electrons. The molecule has 1 aliphatic carbocycles. The molecule has 8 heteroatoms. The van der Waals surface area contributed by atoms with Crippen LogP contribution in [0, 0.1) is 0 Å². The van der Waals surface area contributed by atoms with Crippen LogP contribution in [-0.2, 0) is 20.9 Å². The van der Waals surface area contributed by atoms with Gasteiger partial charge in [-0.1, -0.05) is 6.42 Å². The number of aliphatic carboxylic acids is 1. The third-order valence-corrected chi connectivity index (χ3v) is 5.99. The number of nitrogens with one attached hydrogen (secondary N) is 2. The molecule has 0 spiro atoms. The zero-order chi connectivity index (χ0) is 20.0. The zero-order valence-electron chi connectivity index (χ0n) is 15.7. The smallest absolute Gasteiger partial charge is 0.325 e. The Morgan fingerprint density at radius 3 is 2.61 bits per heavy atom. The van der Waals surface area contributed by atoms with Crippen molar-refractivity contribution in [3.8, 4) is 0 Å². The van der Waals surface area contributed by atoms with Crippen LogP contribution in [0.5, 0.6) is 0 Å². The van der Waals surface area contributed by atoms with Crippen LogP contribution >= 0.6 is 0 Å². The van der Waals surface area contributed by atoms with Gasteiger partial charge in [-0.25, -0.2) is 0 Å². The molecule has 2 fully saturated rings. The zero-order valence-corrected chi connectivity index (χ0v) is 15.7. The molecule has 8 nitrogen and oxygen atoms in total. The van der Waals surface area contributed by atoms with E-state index in [1.54, 1.807) is 17.9 Å². The number of carboxylic acid groups (broad SMARTS) is 1. The molecule has 2 heterocycles. The first-order chi connectivity index (χ1) is 13.3. The van der Waals surface area contributed by atoms with Crippen LogP contribution in [0.2, 0.25) is 0 Å². The summed E-state index contributed by atoms with van der Waals surface area (Å²) in [5.74, 6) is -1.60. The van der Waals surface area contributed by atoms with Crippen molar-refractivity contribution in [2.45, 2.75) is 63.6 Å². The summed E-state index contributed by atoms with van der Waals surface area (Å²) in [5.41, 5.74) is 3.11. The number of rotatable bonds is 5. The fourth-order valence-electron chi connectivity index (χ4n) is 4.17. The summed E-state index contributed by atoms with van der Waals surface area (Å²) >= 11 is 0. The quantitative estimate of drug-likeness (QED) is 0.663. The Labute approximate surface area is 162 Å². The second-order valence-corrected chi connectivity index (χ2v) is 7.82. The van der Waals surface area contributed by atoms with E-state index in [0.717, 1.165) is 30.4 Å². The number of hydrogen-bond acceptors (Lipinski definition) is 5. The van der Waals surface area contributed by atoms with Crippen molar-refractivity contribution in [1.82, 2.24) is 10.2 Å². The van der Waals surface area contributed by atoms with Crippen LogP contribution in [0.3, 0.4) is 0 Å². The number of carbonyl (C=O) groups is 4. The Kier molecular flexibility index (Phi) is 4.56. The molecule has 0 aromatic heterocycles. The molecular formula is C20H23N3O5. The number of benzene rings is 1. The summed E-state index contributed by atoms with van der Waals surface area (Å²) < 4.78 is 0. The van der Waals surface area contributed by atoms with E-state index in [1.165, 1.54) is 0 Å². The number of carboxylic acids is 1. The number of amides is 3. The van der Waals surface area contributed by atoms with Crippen molar-refractivity contribution in [2.24, 2.45) is 0 Å². The van der Waals surface area contributed by atoms with Gasteiger partial charge in [-0.05, 0) is 55.4 Å². The molecule has 1 saturated carbocycles. The summed E-state index contributed by atoms with van der Waals surface area (Å²) in [4.78, 5) is 49.5. The fourth-order valence-corrected chi connectivity index (χ4v) is 4.17. The molecular weight excluding hydrogens is 362 g/mol. The lowest BCUT2D eigenvalue weighted by Gasteiger charge is -2.30. The third-order valence-electron chi connectivity index (χ3n) is 5.99. The van der Waals surface area contributed by atoms with Crippen LogP contribution in [0.4, 0.5) is 5.69 Å². The second-order valence-electron chi connectivity index (χ2n) is 7.82. The van der Waals surface area contributed by atoms with Gasteiger partial charge >= 0.3 is 5.97 Å². The Bertz CT molecular complexity index is 877. The van der Waals surface area contributed by atoms with Gasteiger partial charge < -0.3 is 15.3 Å². The maximum atomic E-state index is 13.1. The van der Waals surface area contributed by atoms with Gasteiger partial charge in [0.05, 0.1) is 0 Å². The van der Waals surface area contributed by atoms with Crippen LogP contribution < -0.4 is 10.6 Å². The molecule has 28 heavy (non-hydrogen) atoms. The summed E-state index contributed by atoms with van der Waals surface area (Å²) in [5, 5.41) is 14.4. The van der Waals surface area contributed by atoms with E-state index >= 15 is 0 Å². The first-order valence-corrected chi connectivity index (χ1v) is 9.66. The largest absolute Gasteiger partial charge is 0.480 e. The molecule has 1 aromatic carbocycles. The van der Waals surface area contributed by atoms with Gasteiger partial charge in [-0.15, -0.1) is 0 Å². The Morgan fingerprint density at radius 1 is 1.25 bits per heavy atom. The predicted molar refractivity (Wildman–Crippen MR) is 99.8 cm³/mol. The van der Waals surface area contributed by atoms with Crippen molar-refractivity contribution in [1.29, 1.82) is 0 Å². The first-order valence-electron chi connectivity index (χ1n) is 9.66. The molecule has 4 rings (SSSR count). The van der Waals surface area contributed by atoms with E-state index in [0.29, 0.717) is 30.1 Å². The summed E-state index contributed by atoms with van der Waals surface area (Å²) in [6.45, 7) is 1.90. The third kappa shape index (κ3) is 3.12. The molecule has 2 aliphatic heterocycles. The molecule has 2 unspecified atom stereocenters. The number of carbonyl (C=O) groups excluding carboxylic acids is 3. The highest BCUT2D eigenvalue weighted by Crippen LogP contribution is 2.43. The summed E-state index contributed by atoms with van der Waals surface area (Å²) in [6.07, 6.45) is 3.75. The van der Waals surface area contributed by atoms with Gasteiger partial charge in [0.15, 0.2) is 0 Å². The highest BCUT2D eigenvalue weighted by Gasteiger charge is 2.41. The highest BCUT2D eigenvalue weighted by molar-refractivity contribution is 6.06. The lowest BCUT2D eigenvalue weighted by Crippen LogP contribution is -2.52. The Morgan fingerprint density at radius 2 is 2.00 bits per heavy atom. The van der Waals surface area contributed by atoms with E-state index in [2.05, 4.69) is 10.6 Å². The maximum Gasteiger partial charge on any atom is 0.325 e. The van der Waals surface area contributed by atoms with Gasteiger partial charge in [0.1, 0.15) is 12.1 Å². The number of nitrogens with zero attached hydrogens (tertiary/aromatic N) is 1. The molecule has 0 radical (unpaired) electrons. The van der Waals surface area contributed by atoms with E-state index in [9.17, 15) is 24.3 Å². The SMILES string of the molecule is CC(Nc1cc2c(c(C3CCC3)c1)CN(C1CCC(=O)NC1=O)C2=O)C(=O)O.